The average Bonchev–Trinajstić information content (AvgIpc) is 2.77. The summed E-state index contributed by atoms with van der Waals surface area (Å²) in [7, 11) is 0. The summed E-state index contributed by atoms with van der Waals surface area (Å²) in [4.78, 5) is 0. The lowest BCUT2D eigenvalue weighted by Gasteiger charge is -2.04. The highest BCUT2D eigenvalue weighted by Gasteiger charge is 2.03. The Labute approximate surface area is 190 Å². The van der Waals surface area contributed by atoms with Crippen LogP contribution < -0.4 is 4.57 Å². The molecule has 1 rings (SSSR count). The third-order valence-electron chi connectivity index (χ3n) is 6.51. The number of hydrogen-bond acceptors (Lipinski definition) is 0. The molecule has 0 saturated carbocycles. The summed E-state index contributed by atoms with van der Waals surface area (Å²) in [6.45, 7) is 5.78. The number of aryl methyl sites for hydroxylation is 2. The van der Waals surface area contributed by atoms with E-state index in [1.54, 1.807) is 0 Å². The maximum Gasteiger partial charge on any atom is 0.171 e. The van der Waals surface area contributed by atoms with Crippen molar-refractivity contribution in [3.8, 4) is 0 Å². The molecule has 174 valence electrons. The normalized spacial score (nSPS) is 11.3. The number of pyridine rings is 1. The highest BCUT2D eigenvalue weighted by Crippen LogP contribution is 2.13. The van der Waals surface area contributed by atoms with E-state index in [1.807, 2.05) is 0 Å². The van der Waals surface area contributed by atoms with E-state index in [0.29, 0.717) is 0 Å². The summed E-state index contributed by atoms with van der Waals surface area (Å²) in [6.07, 6.45) is 34.4. The van der Waals surface area contributed by atoms with Gasteiger partial charge in [-0.3, -0.25) is 0 Å². The van der Waals surface area contributed by atoms with Crippen molar-refractivity contribution in [2.75, 3.05) is 0 Å². The lowest BCUT2D eigenvalue weighted by atomic mass is 10.0. The summed E-state index contributed by atoms with van der Waals surface area (Å²) in [6, 6.07) is 4.54. The lowest BCUT2D eigenvalue weighted by molar-refractivity contribution is -0.697. The first-order chi connectivity index (χ1) is 14.9. The molecule has 30 heavy (non-hydrogen) atoms. The quantitative estimate of drug-likeness (QED) is 0.131. The highest BCUT2D eigenvalue weighted by molar-refractivity contribution is 5.05. The van der Waals surface area contributed by atoms with Crippen molar-refractivity contribution in [1.29, 1.82) is 0 Å². The fourth-order valence-corrected chi connectivity index (χ4v) is 4.46. The SMILES string of the molecule is CCCCCCCCCCCCCCCCCC[n+]1cccc(CCCCCC)c1. The first-order valence-corrected chi connectivity index (χ1v) is 13.8. The predicted octanol–water partition coefficient (Wildman–Crippen LogP) is 9.36. The summed E-state index contributed by atoms with van der Waals surface area (Å²) in [5, 5.41) is 0. The van der Waals surface area contributed by atoms with Gasteiger partial charge < -0.3 is 0 Å². The van der Waals surface area contributed by atoms with Gasteiger partial charge in [-0.1, -0.05) is 123 Å². The smallest absolute Gasteiger partial charge is 0.171 e. The van der Waals surface area contributed by atoms with Crippen LogP contribution >= 0.6 is 0 Å². The Morgan fingerprint density at radius 2 is 0.967 bits per heavy atom. The number of hydrogen-bond donors (Lipinski definition) is 0. The number of rotatable bonds is 22. The van der Waals surface area contributed by atoms with Crippen molar-refractivity contribution in [2.45, 2.75) is 155 Å². The van der Waals surface area contributed by atoms with E-state index in [4.69, 9.17) is 0 Å². The second kappa shape index (κ2) is 21.4. The molecule has 0 saturated heterocycles. The molecular formula is C29H54N+. The summed E-state index contributed by atoms with van der Waals surface area (Å²) >= 11 is 0. The van der Waals surface area contributed by atoms with Crippen molar-refractivity contribution in [3.05, 3.63) is 30.1 Å². The van der Waals surface area contributed by atoms with Gasteiger partial charge in [0, 0.05) is 18.1 Å². The van der Waals surface area contributed by atoms with Crippen LogP contribution in [0.15, 0.2) is 24.5 Å². The number of unbranched alkanes of at least 4 members (excludes halogenated alkanes) is 18. The number of nitrogens with zero attached hydrogens (tertiary/aromatic N) is 1. The Bertz CT molecular complexity index is 467. The van der Waals surface area contributed by atoms with Crippen LogP contribution in [-0.2, 0) is 13.0 Å². The van der Waals surface area contributed by atoms with Crippen LogP contribution in [0.4, 0.5) is 0 Å². The fourth-order valence-electron chi connectivity index (χ4n) is 4.46. The zero-order chi connectivity index (χ0) is 21.5. The maximum absolute atomic E-state index is 2.42. The van der Waals surface area contributed by atoms with E-state index in [0.717, 1.165) is 0 Å². The van der Waals surface area contributed by atoms with E-state index in [-0.39, 0.29) is 0 Å². The van der Waals surface area contributed by atoms with Crippen LogP contribution in [0.3, 0.4) is 0 Å². The minimum atomic E-state index is 1.20. The van der Waals surface area contributed by atoms with Crippen LogP contribution in [0.5, 0.6) is 0 Å². The summed E-state index contributed by atoms with van der Waals surface area (Å²) in [5.41, 5.74) is 1.52. The summed E-state index contributed by atoms with van der Waals surface area (Å²) < 4.78 is 2.42. The fraction of sp³-hybridized carbons (Fsp3) is 0.828. The van der Waals surface area contributed by atoms with Gasteiger partial charge >= 0.3 is 0 Å². The number of aromatic nitrogens is 1. The minimum absolute atomic E-state index is 1.20. The van der Waals surface area contributed by atoms with Gasteiger partial charge in [-0.25, -0.2) is 4.57 Å². The Kier molecular flexibility index (Phi) is 19.4. The Morgan fingerprint density at radius 1 is 0.533 bits per heavy atom. The van der Waals surface area contributed by atoms with Gasteiger partial charge in [0.25, 0.3) is 0 Å². The molecule has 0 unspecified atom stereocenters. The molecule has 0 amide bonds. The van der Waals surface area contributed by atoms with Gasteiger partial charge in [0.05, 0.1) is 0 Å². The average molecular weight is 417 g/mol. The van der Waals surface area contributed by atoms with Gasteiger partial charge in [-0.05, 0) is 25.3 Å². The van der Waals surface area contributed by atoms with E-state index in [2.05, 4.69) is 42.9 Å². The highest BCUT2D eigenvalue weighted by atomic mass is 14.9. The van der Waals surface area contributed by atoms with Gasteiger partial charge in [-0.2, -0.15) is 0 Å². The molecular weight excluding hydrogens is 362 g/mol. The zero-order valence-electron chi connectivity index (χ0n) is 20.8. The van der Waals surface area contributed by atoms with Gasteiger partial charge in [0.1, 0.15) is 6.54 Å². The zero-order valence-corrected chi connectivity index (χ0v) is 20.8. The first-order valence-electron chi connectivity index (χ1n) is 13.8. The van der Waals surface area contributed by atoms with Crippen LogP contribution in [0.25, 0.3) is 0 Å². The van der Waals surface area contributed by atoms with Crippen LogP contribution in [0.2, 0.25) is 0 Å². The van der Waals surface area contributed by atoms with Crippen molar-refractivity contribution >= 4 is 0 Å². The molecule has 1 heteroatoms. The van der Waals surface area contributed by atoms with E-state index < -0.39 is 0 Å². The molecule has 1 heterocycles. The lowest BCUT2D eigenvalue weighted by Crippen LogP contribution is -2.33. The Hall–Kier alpha value is -0.850. The maximum atomic E-state index is 2.42. The molecule has 0 atom stereocenters. The molecule has 0 aliphatic carbocycles. The molecule has 0 aliphatic rings. The molecule has 1 aromatic rings. The van der Waals surface area contributed by atoms with E-state index in [9.17, 15) is 0 Å². The molecule has 0 bridgehead atoms. The van der Waals surface area contributed by atoms with Crippen molar-refractivity contribution in [3.63, 3.8) is 0 Å². The molecule has 0 aromatic carbocycles. The molecule has 0 fully saturated rings. The summed E-state index contributed by atoms with van der Waals surface area (Å²) in [5.74, 6) is 0. The topological polar surface area (TPSA) is 3.88 Å². The molecule has 0 radical (unpaired) electrons. The first kappa shape index (κ1) is 27.2. The van der Waals surface area contributed by atoms with Crippen molar-refractivity contribution in [1.82, 2.24) is 0 Å². The molecule has 1 nitrogen and oxygen atoms in total. The molecule has 0 aliphatic heterocycles. The van der Waals surface area contributed by atoms with Crippen molar-refractivity contribution < 1.29 is 4.57 Å². The van der Waals surface area contributed by atoms with Gasteiger partial charge in [0.2, 0.25) is 0 Å². The molecule has 0 N–H and O–H groups in total. The Morgan fingerprint density at radius 3 is 1.47 bits per heavy atom. The Balaban J connectivity index is 1.86. The van der Waals surface area contributed by atoms with Crippen LogP contribution in [0.1, 0.15) is 148 Å². The standard InChI is InChI=1S/C29H54N/c1-3-5-7-9-10-11-12-13-14-15-16-17-18-19-20-22-26-30-27-23-25-29(28-30)24-21-8-6-4-2/h23,25,27-28H,3-22,24,26H2,1-2H3/q+1. The van der Waals surface area contributed by atoms with Crippen LogP contribution in [-0.4, -0.2) is 0 Å². The second-order valence-electron chi connectivity index (χ2n) is 9.56. The monoisotopic (exact) mass is 416 g/mol. The third-order valence-corrected chi connectivity index (χ3v) is 6.51. The molecule has 0 spiro atoms. The third kappa shape index (κ3) is 16.9. The second-order valence-corrected chi connectivity index (χ2v) is 9.56. The van der Waals surface area contributed by atoms with Gasteiger partial charge in [-0.15, -0.1) is 0 Å². The predicted molar refractivity (Wildman–Crippen MR) is 134 cm³/mol. The van der Waals surface area contributed by atoms with Crippen molar-refractivity contribution in [2.24, 2.45) is 0 Å². The van der Waals surface area contributed by atoms with Gasteiger partial charge in [0.15, 0.2) is 12.4 Å². The van der Waals surface area contributed by atoms with E-state index in [1.165, 1.54) is 147 Å². The molecule has 1 aromatic heterocycles. The van der Waals surface area contributed by atoms with Crippen LogP contribution in [0, 0.1) is 0 Å². The minimum Gasteiger partial charge on any atom is -0.205 e. The largest absolute Gasteiger partial charge is 0.205 e. The van der Waals surface area contributed by atoms with E-state index >= 15 is 0 Å².